The first-order chi connectivity index (χ1) is 9.67. The molecule has 0 radical (unpaired) electrons. The van der Waals surface area contributed by atoms with E-state index in [1.807, 2.05) is 13.0 Å². The van der Waals surface area contributed by atoms with Crippen molar-refractivity contribution < 1.29 is 4.39 Å². The molecule has 0 fully saturated rings. The highest BCUT2D eigenvalue weighted by Gasteiger charge is 2.12. The molecule has 1 aromatic carbocycles. The number of nitrogens with one attached hydrogen (secondary N) is 1. The summed E-state index contributed by atoms with van der Waals surface area (Å²) in [6, 6.07) is 6.23. The number of nitrogen functional groups attached to an aromatic ring is 1. The molecule has 0 aliphatic carbocycles. The lowest BCUT2D eigenvalue weighted by Gasteiger charge is -2.12. The molecule has 6 heteroatoms. The van der Waals surface area contributed by atoms with Crippen molar-refractivity contribution in [1.29, 1.82) is 5.26 Å². The second kappa shape index (κ2) is 5.97. The van der Waals surface area contributed by atoms with Crippen molar-refractivity contribution in [3.63, 3.8) is 0 Å². The third-order valence-corrected chi connectivity index (χ3v) is 2.86. The fraction of sp³-hybridized carbons (Fsp3) is 0.214. The van der Waals surface area contributed by atoms with E-state index in [2.05, 4.69) is 15.3 Å². The van der Waals surface area contributed by atoms with Gasteiger partial charge in [0.05, 0.1) is 5.69 Å². The quantitative estimate of drug-likeness (QED) is 0.892. The van der Waals surface area contributed by atoms with E-state index in [0.717, 1.165) is 12.0 Å². The molecular formula is C14H14FN5. The maximum absolute atomic E-state index is 13.6. The Morgan fingerprint density at radius 2 is 2.20 bits per heavy atom. The Morgan fingerprint density at radius 3 is 2.90 bits per heavy atom. The molecule has 2 rings (SSSR count). The lowest BCUT2D eigenvalue weighted by molar-refractivity contribution is 0.624. The standard InChI is InChI=1S/C14H14FN5/c1-2-4-9-13(17)18-8-19-14(9)20-12-6-3-5-11(15)10(12)7-16/h3,5-6,8H,2,4H2,1H3,(H3,17,18,19,20). The molecule has 1 aromatic heterocycles. The number of nitrogens with zero attached hydrogens (tertiary/aromatic N) is 3. The molecular weight excluding hydrogens is 257 g/mol. The lowest BCUT2D eigenvalue weighted by Crippen LogP contribution is -2.06. The van der Waals surface area contributed by atoms with Gasteiger partial charge in [0.2, 0.25) is 0 Å². The summed E-state index contributed by atoms with van der Waals surface area (Å²) in [7, 11) is 0. The van der Waals surface area contributed by atoms with Gasteiger partial charge in [0, 0.05) is 5.56 Å². The van der Waals surface area contributed by atoms with E-state index in [-0.39, 0.29) is 5.56 Å². The number of hydrogen-bond acceptors (Lipinski definition) is 5. The molecule has 0 unspecified atom stereocenters. The predicted octanol–water partition coefficient (Wildman–Crippen LogP) is 2.77. The second-order valence-corrected chi connectivity index (χ2v) is 4.24. The van der Waals surface area contributed by atoms with Gasteiger partial charge in [-0.1, -0.05) is 19.4 Å². The summed E-state index contributed by atoms with van der Waals surface area (Å²) < 4.78 is 13.6. The highest BCUT2D eigenvalue weighted by atomic mass is 19.1. The van der Waals surface area contributed by atoms with E-state index in [1.165, 1.54) is 18.5 Å². The van der Waals surface area contributed by atoms with Crippen molar-refractivity contribution in [3.05, 3.63) is 41.5 Å². The monoisotopic (exact) mass is 271 g/mol. The second-order valence-electron chi connectivity index (χ2n) is 4.24. The normalized spacial score (nSPS) is 10.1. The zero-order valence-electron chi connectivity index (χ0n) is 11.0. The van der Waals surface area contributed by atoms with Crippen LogP contribution in [-0.4, -0.2) is 9.97 Å². The average Bonchev–Trinajstić information content (AvgIpc) is 2.43. The molecule has 0 saturated heterocycles. The molecule has 0 amide bonds. The molecule has 0 spiro atoms. The molecule has 1 heterocycles. The SMILES string of the molecule is CCCc1c(N)ncnc1Nc1cccc(F)c1C#N. The van der Waals surface area contributed by atoms with Crippen LogP contribution in [0.4, 0.5) is 21.7 Å². The van der Waals surface area contributed by atoms with E-state index in [0.29, 0.717) is 23.7 Å². The van der Waals surface area contributed by atoms with Crippen molar-refractivity contribution >= 4 is 17.3 Å². The zero-order valence-corrected chi connectivity index (χ0v) is 11.0. The van der Waals surface area contributed by atoms with E-state index in [1.54, 1.807) is 6.07 Å². The third kappa shape index (κ3) is 2.67. The van der Waals surface area contributed by atoms with Gasteiger partial charge in [-0.05, 0) is 18.6 Å². The van der Waals surface area contributed by atoms with Crippen molar-refractivity contribution in [3.8, 4) is 6.07 Å². The van der Waals surface area contributed by atoms with Crippen LogP contribution in [-0.2, 0) is 6.42 Å². The van der Waals surface area contributed by atoms with Crippen LogP contribution in [0, 0.1) is 17.1 Å². The minimum atomic E-state index is -0.573. The summed E-state index contributed by atoms with van der Waals surface area (Å²) in [5.41, 5.74) is 6.91. The molecule has 102 valence electrons. The third-order valence-electron chi connectivity index (χ3n) is 2.86. The molecule has 0 bridgehead atoms. The van der Waals surface area contributed by atoms with Crippen LogP contribution in [0.25, 0.3) is 0 Å². The van der Waals surface area contributed by atoms with Crippen LogP contribution < -0.4 is 11.1 Å². The van der Waals surface area contributed by atoms with Crippen molar-refractivity contribution in [2.24, 2.45) is 0 Å². The number of benzene rings is 1. The van der Waals surface area contributed by atoms with Crippen LogP contribution in [0.5, 0.6) is 0 Å². The van der Waals surface area contributed by atoms with Crippen LogP contribution in [0.2, 0.25) is 0 Å². The molecule has 0 aliphatic rings. The summed E-state index contributed by atoms with van der Waals surface area (Å²) in [5, 5.41) is 12.0. The summed E-state index contributed by atoms with van der Waals surface area (Å²) in [6.45, 7) is 2.01. The van der Waals surface area contributed by atoms with Crippen LogP contribution in [0.15, 0.2) is 24.5 Å². The highest BCUT2D eigenvalue weighted by molar-refractivity contribution is 5.68. The van der Waals surface area contributed by atoms with Gasteiger partial charge < -0.3 is 11.1 Å². The maximum atomic E-state index is 13.6. The van der Waals surface area contributed by atoms with Gasteiger partial charge in [-0.15, -0.1) is 0 Å². The first-order valence-electron chi connectivity index (χ1n) is 6.22. The summed E-state index contributed by atoms with van der Waals surface area (Å²) in [6.07, 6.45) is 2.91. The lowest BCUT2D eigenvalue weighted by atomic mass is 10.1. The molecule has 0 atom stereocenters. The molecule has 20 heavy (non-hydrogen) atoms. The molecule has 0 aliphatic heterocycles. The number of anilines is 3. The van der Waals surface area contributed by atoms with Gasteiger partial charge >= 0.3 is 0 Å². The largest absolute Gasteiger partial charge is 0.383 e. The minimum absolute atomic E-state index is 0.0490. The average molecular weight is 271 g/mol. The van der Waals surface area contributed by atoms with E-state index < -0.39 is 5.82 Å². The Kier molecular flexibility index (Phi) is 4.11. The Balaban J connectivity index is 2.43. The Labute approximate surface area is 116 Å². The van der Waals surface area contributed by atoms with E-state index >= 15 is 0 Å². The van der Waals surface area contributed by atoms with Crippen molar-refractivity contribution in [2.75, 3.05) is 11.1 Å². The number of rotatable bonds is 4. The van der Waals surface area contributed by atoms with Crippen LogP contribution in [0.1, 0.15) is 24.5 Å². The van der Waals surface area contributed by atoms with Gasteiger partial charge in [-0.3, -0.25) is 0 Å². The minimum Gasteiger partial charge on any atom is -0.383 e. The maximum Gasteiger partial charge on any atom is 0.143 e. The van der Waals surface area contributed by atoms with Gasteiger partial charge in [0.1, 0.15) is 35.4 Å². The number of halogens is 1. The smallest absolute Gasteiger partial charge is 0.143 e. The van der Waals surface area contributed by atoms with Crippen LogP contribution >= 0.6 is 0 Å². The van der Waals surface area contributed by atoms with Gasteiger partial charge in [0.15, 0.2) is 0 Å². The Morgan fingerprint density at radius 1 is 1.40 bits per heavy atom. The predicted molar refractivity (Wildman–Crippen MR) is 74.8 cm³/mol. The highest BCUT2D eigenvalue weighted by Crippen LogP contribution is 2.26. The van der Waals surface area contributed by atoms with Crippen molar-refractivity contribution in [2.45, 2.75) is 19.8 Å². The topological polar surface area (TPSA) is 87.6 Å². The van der Waals surface area contributed by atoms with Crippen molar-refractivity contribution in [1.82, 2.24) is 9.97 Å². The van der Waals surface area contributed by atoms with E-state index in [9.17, 15) is 4.39 Å². The molecule has 0 saturated carbocycles. The molecule has 3 N–H and O–H groups in total. The van der Waals surface area contributed by atoms with Gasteiger partial charge in [0.25, 0.3) is 0 Å². The Hall–Kier alpha value is -2.68. The fourth-order valence-electron chi connectivity index (χ4n) is 1.90. The molecule has 2 aromatic rings. The van der Waals surface area contributed by atoms with Crippen LogP contribution in [0.3, 0.4) is 0 Å². The number of nitriles is 1. The zero-order chi connectivity index (χ0) is 14.5. The number of aromatic nitrogens is 2. The number of hydrogen-bond donors (Lipinski definition) is 2. The van der Waals surface area contributed by atoms with E-state index in [4.69, 9.17) is 11.0 Å². The Bertz CT molecular complexity index is 663. The van der Waals surface area contributed by atoms with Gasteiger partial charge in [-0.25, -0.2) is 14.4 Å². The number of nitrogens with two attached hydrogens (primary N) is 1. The fourth-order valence-corrected chi connectivity index (χ4v) is 1.90. The first kappa shape index (κ1) is 13.7. The first-order valence-corrected chi connectivity index (χ1v) is 6.22. The molecule has 5 nitrogen and oxygen atoms in total. The summed E-state index contributed by atoms with van der Waals surface area (Å²) >= 11 is 0. The summed E-state index contributed by atoms with van der Waals surface area (Å²) in [5.74, 6) is 0.317. The van der Waals surface area contributed by atoms with Gasteiger partial charge in [-0.2, -0.15) is 5.26 Å². The summed E-state index contributed by atoms with van der Waals surface area (Å²) in [4.78, 5) is 8.07.